The van der Waals surface area contributed by atoms with E-state index in [9.17, 15) is 19.8 Å². The monoisotopic (exact) mass is 523 g/mol. The van der Waals surface area contributed by atoms with Crippen LogP contribution in [0, 0.1) is 0 Å². The van der Waals surface area contributed by atoms with Crippen molar-refractivity contribution in [1.29, 1.82) is 0 Å². The largest absolute Gasteiger partial charge is 0.454 e. The second-order valence-electron chi connectivity index (χ2n) is 9.62. The fourth-order valence-corrected chi connectivity index (χ4v) is 5.74. The molecular weight excluding hydrogens is 490 g/mol. The van der Waals surface area contributed by atoms with Crippen LogP contribution >= 0.6 is 0 Å². The average Bonchev–Trinajstić information content (AvgIpc) is 3.29. The van der Waals surface area contributed by atoms with Gasteiger partial charge in [0.25, 0.3) is 5.91 Å². The molecule has 8 atom stereocenters. The SMILES string of the molecule is CO[C@@H]1[C@@H](OC)[C@H](O[C@@H]2CC(=O)[C@@H]3CCN(Cc4cc5c(cc43)OCO5)C(=O)[C@H]2O)O[C@H](CO)[C@H]1OC. The first-order valence-electron chi connectivity index (χ1n) is 12.3. The number of carbonyl (C=O) groups is 2. The van der Waals surface area contributed by atoms with Crippen molar-refractivity contribution in [1.82, 2.24) is 4.90 Å². The van der Waals surface area contributed by atoms with E-state index in [0.29, 0.717) is 24.5 Å². The van der Waals surface area contributed by atoms with Gasteiger partial charge in [0.15, 0.2) is 23.9 Å². The molecule has 2 bridgehead atoms. The van der Waals surface area contributed by atoms with Crippen molar-refractivity contribution in [3.05, 3.63) is 23.3 Å². The number of aliphatic hydroxyl groups excluding tert-OH is 2. The first-order chi connectivity index (χ1) is 17.9. The number of nitrogens with zero attached hydrogens (tertiary/aromatic N) is 1. The van der Waals surface area contributed by atoms with Crippen LogP contribution in [0.25, 0.3) is 0 Å². The molecular formula is C25H33NO11. The van der Waals surface area contributed by atoms with Gasteiger partial charge in [-0.2, -0.15) is 0 Å². The molecule has 2 saturated heterocycles. The predicted octanol–water partition coefficient (Wildman–Crippen LogP) is -0.288. The summed E-state index contributed by atoms with van der Waals surface area (Å²) in [5, 5.41) is 21.0. The Balaban J connectivity index is 1.45. The van der Waals surface area contributed by atoms with E-state index in [1.807, 2.05) is 6.07 Å². The average molecular weight is 524 g/mol. The molecule has 1 aromatic carbocycles. The van der Waals surface area contributed by atoms with Crippen molar-refractivity contribution in [2.45, 2.75) is 68.2 Å². The summed E-state index contributed by atoms with van der Waals surface area (Å²) < 4.78 is 39.7. The number of carbonyl (C=O) groups excluding carboxylic acids is 2. The number of aliphatic hydroxyl groups is 2. The highest BCUT2D eigenvalue weighted by Crippen LogP contribution is 2.42. The number of ketones is 1. The lowest BCUT2D eigenvalue weighted by molar-refractivity contribution is -0.325. The molecule has 0 unspecified atom stereocenters. The maximum absolute atomic E-state index is 13.6. The Morgan fingerprint density at radius 1 is 1.03 bits per heavy atom. The highest BCUT2D eigenvalue weighted by molar-refractivity contribution is 5.90. The third kappa shape index (κ3) is 4.71. The van der Waals surface area contributed by atoms with E-state index < -0.39 is 54.7 Å². The van der Waals surface area contributed by atoms with E-state index in [1.165, 1.54) is 26.2 Å². The molecule has 0 aliphatic carbocycles. The van der Waals surface area contributed by atoms with Gasteiger partial charge in [0.05, 0.1) is 6.61 Å². The van der Waals surface area contributed by atoms with E-state index >= 15 is 0 Å². The molecule has 1 aromatic rings. The number of methoxy groups -OCH3 is 3. The zero-order valence-corrected chi connectivity index (χ0v) is 21.0. The summed E-state index contributed by atoms with van der Waals surface area (Å²) in [5.41, 5.74) is 1.57. The third-order valence-corrected chi connectivity index (χ3v) is 7.66. The first-order valence-corrected chi connectivity index (χ1v) is 12.3. The maximum atomic E-state index is 13.6. The first kappa shape index (κ1) is 26.3. The van der Waals surface area contributed by atoms with E-state index in [-0.39, 0.29) is 32.1 Å². The van der Waals surface area contributed by atoms with Crippen molar-refractivity contribution in [3.63, 3.8) is 0 Å². The quantitative estimate of drug-likeness (QED) is 0.508. The highest BCUT2D eigenvalue weighted by atomic mass is 16.7. The lowest BCUT2D eigenvalue weighted by Gasteiger charge is -2.45. The van der Waals surface area contributed by atoms with Gasteiger partial charge in [0.1, 0.15) is 36.3 Å². The summed E-state index contributed by atoms with van der Waals surface area (Å²) in [7, 11) is 4.38. The maximum Gasteiger partial charge on any atom is 0.254 e. The zero-order valence-electron chi connectivity index (χ0n) is 21.0. The molecule has 1 amide bonds. The molecule has 0 saturated carbocycles. The summed E-state index contributed by atoms with van der Waals surface area (Å²) in [5.74, 6) is -0.113. The van der Waals surface area contributed by atoms with Crippen LogP contribution in [0.3, 0.4) is 0 Å². The molecule has 4 aliphatic rings. The molecule has 12 heteroatoms. The number of ether oxygens (including phenoxy) is 7. The lowest BCUT2D eigenvalue weighted by atomic mass is 9.86. The van der Waals surface area contributed by atoms with Crippen LogP contribution in [-0.4, -0.2) is 111 Å². The van der Waals surface area contributed by atoms with Crippen LogP contribution in [0.2, 0.25) is 0 Å². The minimum absolute atomic E-state index is 0.0946. The minimum Gasteiger partial charge on any atom is -0.454 e. The molecule has 0 radical (unpaired) electrons. The molecule has 5 rings (SSSR count). The Hall–Kier alpha value is -2.32. The number of hydrogen-bond donors (Lipinski definition) is 2. The van der Waals surface area contributed by atoms with Crippen LogP contribution in [0.15, 0.2) is 12.1 Å². The van der Waals surface area contributed by atoms with Crippen molar-refractivity contribution < 1.29 is 53.0 Å². The van der Waals surface area contributed by atoms with E-state index in [1.54, 1.807) is 6.07 Å². The summed E-state index contributed by atoms with van der Waals surface area (Å²) >= 11 is 0. The van der Waals surface area contributed by atoms with Gasteiger partial charge in [-0.15, -0.1) is 0 Å². The smallest absolute Gasteiger partial charge is 0.254 e. The lowest BCUT2D eigenvalue weighted by Crippen LogP contribution is -2.62. The Labute approximate surface area is 214 Å². The molecule has 2 N–H and O–H groups in total. The van der Waals surface area contributed by atoms with Gasteiger partial charge in [-0.05, 0) is 29.7 Å². The third-order valence-electron chi connectivity index (χ3n) is 7.66. The van der Waals surface area contributed by atoms with Crippen LogP contribution < -0.4 is 9.47 Å². The van der Waals surface area contributed by atoms with E-state index in [2.05, 4.69) is 0 Å². The standard InChI is InChI=1S/C25H33NO11/c1-31-21-19(10-27)37-25(23(33-3)22(21)32-2)36-18-8-15(28)13-4-5-26(24(30)20(18)29)9-12-6-16-17(7-14(12)13)35-11-34-16/h6-7,13,18-23,25,27,29H,4-5,8-11H2,1-3H3/t13-,18-,19-,20+,21-,22+,23-,25-/m1/s1. The van der Waals surface area contributed by atoms with E-state index in [4.69, 9.17) is 33.2 Å². The van der Waals surface area contributed by atoms with Crippen molar-refractivity contribution in [2.75, 3.05) is 41.3 Å². The Morgan fingerprint density at radius 2 is 1.73 bits per heavy atom. The topological polar surface area (TPSA) is 142 Å². The van der Waals surface area contributed by atoms with Gasteiger partial charge in [0.2, 0.25) is 6.79 Å². The van der Waals surface area contributed by atoms with Crippen molar-refractivity contribution >= 4 is 11.7 Å². The minimum atomic E-state index is -1.62. The summed E-state index contributed by atoms with van der Waals surface area (Å²) in [4.78, 5) is 28.6. The second kappa shape index (κ2) is 10.8. The highest BCUT2D eigenvalue weighted by Gasteiger charge is 2.50. The number of benzene rings is 1. The molecule has 0 spiro atoms. The number of Topliss-reactive ketones (excluding diaryl/α,β-unsaturated/α-hetero) is 1. The molecule has 2 fully saturated rings. The van der Waals surface area contributed by atoms with Gasteiger partial charge in [-0.3, -0.25) is 9.59 Å². The van der Waals surface area contributed by atoms with Gasteiger partial charge in [-0.25, -0.2) is 0 Å². The predicted molar refractivity (Wildman–Crippen MR) is 124 cm³/mol. The van der Waals surface area contributed by atoms with Crippen LogP contribution in [0.5, 0.6) is 11.5 Å². The normalized spacial score (nSPS) is 35.5. The molecule has 0 aromatic heterocycles. The van der Waals surface area contributed by atoms with Crippen molar-refractivity contribution in [2.24, 2.45) is 0 Å². The van der Waals surface area contributed by atoms with Crippen LogP contribution in [0.4, 0.5) is 0 Å². The van der Waals surface area contributed by atoms with E-state index in [0.717, 1.165) is 11.1 Å². The summed E-state index contributed by atoms with van der Waals surface area (Å²) in [6.07, 6.45) is -6.75. The summed E-state index contributed by atoms with van der Waals surface area (Å²) in [6.45, 7) is 0.224. The molecule has 4 aliphatic heterocycles. The molecule has 204 valence electrons. The Morgan fingerprint density at radius 3 is 2.41 bits per heavy atom. The number of hydrogen-bond acceptors (Lipinski definition) is 11. The summed E-state index contributed by atoms with van der Waals surface area (Å²) in [6, 6.07) is 3.62. The van der Waals surface area contributed by atoms with Gasteiger partial charge < -0.3 is 48.3 Å². The zero-order chi connectivity index (χ0) is 26.3. The van der Waals surface area contributed by atoms with Crippen LogP contribution in [0.1, 0.15) is 29.9 Å². The van der Waals surface area contributed by atoms with Crippen LogP contribution in [-0.2, 0) is 39.8 Å². The van der Waals surface area contributed by atoms with Gasteiger partial charge >= 0.3 is 0 Å². The molecule has 12 nitrogen and oxygen atoms in total. The Kier molecular flexibility index (Phi) is 7.68. The number of fused-ring (bicyclic) bond motifs is 6. The fourth-order valence-electron chi connectivity index (χ4n) is 5.74. The second-order valence-corrected chi connectivity index (χ2v) is 9.62. The Bertz CT molecular complexity index is 1020. The van der Waals surface area contributed by atoms with Crippen molar-refractivity contribution in [3.8, 4) is 11.5 Å². The number of amides is 1. The molecule has 37 heavy (non-hydrogen) atoms. The van der Waals surface area contributed by atoms with Gasteiger partial charge in [-0.1, -0.05) is 0 Å². The fraction of sp³-hybridized carbons (Fsp3) is 0.680. The number of rotatable bonds is 6. The molecule has 4 heterocycles. The van der Waals surface area contributed by atoms with Gasteiger partial charge in [0, 0.05) is 46.8 Å².